The molecule has 0 aromatic carbocycles. The summed E-state index contributed by atoms with van der Waals surface area (Å²) in [4.78, 5) is 67.5. The Balaban J connectivity index is 1.67. The number of carbonyl (C=O) groups is 5. The van der Waals surface area contributed by atoms with Crippen molar-refractivity contribution in [2.24, 2.45) is 11.1 Å². The predicted molar refractivity (Wildman–Crippen MR) is 138 cm³/mol. The molecular formula is C23H29N5O8S2. The molecule has 3 atom stereocenters. The predicted octanol–water partition coefficient (Wildman–Crippen LogP) is 1.22. The van der Waals surface area contributed by atoms with Crippen LogP contribution in [0.2, 0.25) is 0 Å². The van der Waals surface area contributed by atoms with Crippen molar-refractivity contribution in [1.29, 1.82) is 0 Å². The maximum absolute atomic E-state index is 13.0. The van der Waals surface area contributed by atoms with Gasteiger partial charge in [-0.25, -0.2) is 14.6 Å². The van der Waals surface area contributed by atoms with Crippen molar-refractivity contribution in [2.45, 2.75) is 45.0 Å². The molecule has 1 saturated heterocycles. The summed E-state index contributed by atoms with van der Waals surface area (Å²) in [5.41, 5.74) is 10.0. The lowest BCUT2D eigenvalue weighted by atomic mass is 9.98. The van der Waals surface area contributed by atoms with Gasteiger partial charge in [0.25, 0.3) is 5.91 Å². The van der Waals surface area contributed by atoms with E-state index in [0.717, 1.165) is 4.88 Å². The second-order valence-corrected chi connectivity index (χ2v) is 11.6. The van der Waals surface area contributed by atoms with Gasteiger partial charge in [-0.2, -0.15) is 0 Å². The summed E-state index contributed by atoms with van der Waals surface area (Å²) in [5.74, 6) is -2.49. The van der Waals surface area contributed by atoms with E-state index in [1.165, 1.54) is 34.1 Å². The average molecular weight is 568 g/mol. The number of thiazole rings is 1. The van der Waals surface area contributed by atoms with Crippen LogP contribution in [0, 0.1) is 5.41 Å². The van der Waals surface area contributed by atoms with E-state index >= 15 is 0 Å². The third-order valence-corrected chi connectivity index (χ3v) is 7.81. The Morgan fingerprint density at radius 3 is 2.58 bits per heavy atom. The Kier molecular flexibility index (Phi) is 9.04. The number of primary amides is 1. The number of hydrogen-bond donors (Lipinski definition) is 3. The Morgan fingerprint density at radius 1 is 1.26 bits per heavy atom. The van der Waals surface area contributed by atoms with Gasteiger partial charge in [0.1, 0.15) is 23.7 Å². The fourth-order valence-corrected chi connectivity index (χ4v) is 5.45. The third-order valence-electron chi connectivity index (χ3n) is 5.45. The number of carbonyl (C=O) groups excluding carboxylic acids is 5. The second-order valence-electron chi connectivity index (χ2n) is 9.44. The Hall–Kier alpha value is -3.59. The molecule has 1 fully saturated rings. The zero-order valence-electron chi connectivity index (χ0n) is 21.2. The number of allylic oxidation sites excluding steroid dienone is 1. The standard InChI is InChI=1S/C23H29N5O8S2/c1-11(13-7-26-21(24)38-13)5-6-14(29)27-15-17(30)28-16(12(8-34-22(25)33)9-37-18(15)28)19(31)35-10-36-20(32)23(2,3)4/h5-7,11,15,18H,8-10H2,1-4H3,(H2,24,26)(H2,25,33)(H,27,29)/b6-5+/t11?,15-,18?/m0/s1. The number of rotatable bonds is 9. The first-order chi connectivity index (χ1) is 17.8. The molecule has 15 heteroatoms. The van der Waals surface area contributed by atoms with Crippen LogP contribution in [0.25, 0.3) is 0 Å². The van der Waals surface area contributed by atoms with Gasteiger partial charge in [0.2, 0.25) is 12.7 Å². The molecule has 0 radical (unpaired) electrons. The first-order valence-corrected chi connectivity index (χ1v) is 13.3. The molecule has 3 heterocycles. The van der Waals surface area contributed by atoms with Crippen LogP contribution < -0.4 is 16.8 Å². The van der Waals surface area contributed by atoms with E-state index in [4.69, 9.17) is 25.7 Å². The van der Waals surface area contributed by atoms with Crippen LogP contribution in [0.5, 0.6) is 0 Å². The monoisotopic (exact) mass is 567 g/mol. The topological polar surface area (TPSA) is 193 Å². The lowest BCUT2D eigenvalue weighted by Gasteiger charge is -2.49. The minimum Gasteiger partial charge on any atom is -0.445 e. The summed E-state index contributed by atoms with van der Waals surface area (Å²) in [6.45, 7) is 5.78. The van der Waals surface area contributed by atoms with Gasteiger partial charge in [0.05, 0.1) is 5.41 Å². The number of thioether (sulfide) groups is 1. The smallest absolute Gasteiger partial charge is 0.404 e. The van der Waals surface area contributed by atoms with Gasteiger partial charge in [-0.1, -0.05) is 13.0 Å². The van der Waals surface area contributed by atoms with Crippen LogP contribution in [0.3, 0.4) is 0 Å². The molecule has 206 valence electrons. The summed E-state index contributed by atoms with van der Waals surface area (Å²) >= 11 is 2.58. The normalized spacial score (nSPS) is 19.9. The van der Waals surface area contributed by atoms with Crippen LogP contribution in [0.1, 0.15) is 38.5 Å². The van der Waals surface area contributed by atoms with Gasteiger partial charge in [-0.05, 0) is 26.8 Å². The van der Waals surface area contributed by atoms with Crippen LogP contribution in [-0.2, 0) is 33.4 Å². The van der Waals surface area contributed by atoms with Crippen molar-refractivity contribution in [2.75, 3.05) is 24.9 Å². The highest BCUT2D eigenvalue weighted by Crippen LogP contribution is 2.40. The quantitative estimate of drug-likeness (QED) is 0.168. The molecule has 0 aliphatic carbocycles. The van der Waals surface area contributed by atoms with Crippen molar-refractivity contribution in [3.8, 4) is 0 Å². The van der Waals surface area contributed by atoms with Crippen molar-refractivity contribution in [1.82, 2.24) is 15.2 Å². The summed E-state index contributed by atoms with van der Waals surface area (Å²) < 4.78 is 14.9. The Bertz CT molecular complexity index is 1190. The number of aromatic nitrogens is 1. The molecule has 1 aromatic rings. The van der Waals surface area contributed by atoms with E-state index in [0.29, 0.717) is 5.13 Å². The molecule has 1 aromatic heterocycles. The van der Waals surface area contributed by atoms with Gasteiger partial charge >= 0.3 is 18.0 Å². The molecule has 3 amide bonds. The lowest BCUT2D eigenvalue weighted by Crippen LogP contribution is -2.70. The summed E-state index contributed by atoms with van der Waals surface area (Å²) in [6.07, 6.45) is 3.57. The van der Waals surface area contributed by atoms with Crippen LogP contribution in [0.4, 0.5) is 9.93 Å². The van der Waals surface area contributed by atoms with Crippen molar-refractivity contribution < 1.29 is 38.2 Å². The molecule has 3 rings (SSSR count). The second kappa shape index (κ2) is 11.9. The number of β-lactam (4-membered cyclic amide) rings is 1. The largest absolute Gasteiger partial charge is 0.445 e. The molecule has 0 bridgehead atoms. The zero-order valence-corrected chi connectivity index (χ0v) is 22.9. The Morgan fingerprint density at radius 2 is 1.97 bits per heavy atom. The minimum atomic E-state index is -1.06. The van der Waals surface area contributed by atoms with E-state index in [9.17, 15) is 24.0 Å². The van der Waals surface area contributed by atoms with Gasteiger partial charge in [0.15, 0.2) is 5.13 Å². The number of nitrogens with zero attached hydrogens (tertiary/aromatic N) is 2. The highest BCUT2D eigenvalue weighted by atomic mass is 32.2. The summed E-state index contributed by atoms with van der Waals surface area (Å²) in [5, 5.41) is 2.48. The SMILES string of the molecule is CC(/C=C/C(=O)N[C@H]1C(=O)N2C(C(=O)OCOC(=O)C(C)(C)C)=C(COC(N)=O)CSC12)c1cnc(N)s1. The number of nitrogen functional groups attached to an aromatic ring is 1. The molecule has 5 N–H and O–H groups in total. The van der Waals surface area contributed by atoms with Crippen LogP contribution in [-0.4, -0.2) is 70.3 Å². The van der Waals surface area contributed by atoms with Gasteiger partial charge < -0.3 is 31.0 Å². The van der Waals surface area contributed by atoms with Gasteiger partial charge in [-0.15, -0.1) is 23.1 Å². The molecule has 0 saturated carbocycles. The first kappa shape index (κ1) is 29.0. The van der Waals surface area contributed by atoms with E-state index in [-0.39, 0.29) is 29.5 Å². The number of fused-ring (bicyclic) bond motifs is 1. The number of nitrogens with two attached hydrogens (primary N) is 2. The van der Waals surface area contributed by atoms with Crippen LogP contribution >= 0.6 is 23.1 Å². The number of esters is 2. The molecule has 0 spiro atoms. The van der Waals surface area contributed by atoms with Crippen molar-refractivity contribution >= 4 is 58.1 Å². The molecule has 2 unspecified atom stereocenters. The lowest BCUT2D eigenvalue weighted by molar-refractivity contribution is -0.173. The third kappa shape index (κ3) is 6.83. The number of ether oxygens (including phenoxy) is 3. The molecular weight excluding hydrogens is 538 g/mol. The van der Waals surface area contributed by atoms with E-state index < -0.39 is 53.5 Å². The number of amides is 3. The average Bonchev–Trinajstić information content (AvgIpc) is 3.29. The van der Waals surface area contributed by atoms with Crippen molar-refractivity contribution in [3.05, 3.63) is 34.5 Å². The van der Waals surface area contributed by atoms with Gasteiger partial charge in [0, 0.05) is 28.3 Å². The zero-order chi connectivity index (χ0) is 28.2. The van der Waals surface area contributed by atoms with Crippen molar-refractivity contribution in [3.63, 3.8) is 0 Å². The van der Waals surface area contributed by atoms with Crippen LogP contribution in [0.15, 0.2) is 29.6 Å². The fraction of sp³-hybridized carbons (Fsp3) is 0.478. The first-order valence-electron chi connectivity index (χ1n) is 11.4. The van der Waals surface area contributed by atoms with Gasteiger partial charge in [-0.3, -0.25) is 19.3 Å². The molecule has 38 heavy (non-hydrogen) atoms. The van der Waals surface area contributed by atoms with E-state index in [1.54, 1.807) is 33.0 Å². The Labute approximate surface area is 226 Å². The number of anilines is 1. The fourth-order valence-electron chi connectivity index (χ4n) is 3.40. The highest BCUT2D eigenvalue weighted by molar-refractivity contribution is 8.00. The maximum Gasteiger partial charge on any atom is 0.404 e. The maximum atomic E-state index is 13.0. The highest BCUT2D eigenvalue weighted by Gasteiger charge is 2.54. The summed E-state index contributed by atoms with van der Waals surface area (Å²) in [6, 6.07) is -0.897. The molecule has 13 nitrogen and oxygen atoms in total. The summed E-state index contributed by atoms with van der Waals surface area (Å²) in [7, 11) is 0. The minimum absolute atomic E-state index is 0.113. The molecule has 2 aliphatic rings. The van der Waals surface area contributed by atoms with E-state index in [2.05, 4.69) is 10.3 Å². The number of hydrogen-bond acceptors (Lipinski definition) is 12. The van der Waals surface area contributed by atoms with E-state index in [1.807, 2.05) is 6.92 Å². The molecule has 2 aliphatic heterocycles. The number of nitrogens with one attached hydrogen (secondary N) is 1.